The van der Waals surface area contributed by atoms with E-state index in [2.05, 4.69) is 15.3 Å². The van der Waals surface area contributed by atoms with Crippen LogP contribution in [0.5, 0.6) is 0 Å². The zero-order valence-electron chi connectivity index (χ0n) is 14.4. The second-order valence-corrected chi connectivity index (χ2v) is 5.65. The summed E-state index contributed by atoms with van der Waals surface area (Å²) >= 11 is 0. The van der Waals surface area contributed by atoms with Crippen LogP contribution < -0.4 is 10.2 Å². The van der Waals surface area contributed by atoms with E-state index in [1.807, 2.05) is 42.2 Å². The van der Waals surface area contributed by atoms with Crippen LogP contribution in [0.3, 0.4) is 0 Å². The van der Waals surface area contributed by atoms with Crippen molar-refractivity contribution in [2.45, 2.75) is 13.5 Å². The van der Waals surface area contributed by atoms with Gasteiger partial charge in [-0.2, -0.15) is 0 Å². The molecular formula is C20H19FN4O. The van der Waals surface area contributed by atoms with Crippen LogP contribution in [0.4, 0.5) is 15.9 Å². The summed E-state index contributed by atoms with van der Waals surface area (Å²) in [6.45, 7) is 3.06. The van der Waals surface area contributed by atoms with Gasteiger partial charge in [0.15, 0.2) is 5.82 Å². The van der Waals surface area contributed by atoms with Gasteiger partial charge in [0.05, 0.1) is 12.4 Å². The van der Waals surface area contributed by atoms with E-state index in [9.17, 15) is 9.18 Å². The maximum absolute atomic E-state index is 12.9. The molecule has 3 rings (SSSR count). The van der Waals surface area contributed by atoms with E-state index in [1.54, 1.807) is 18.3 Å². The highest BCUT2D eigenvalue weighted by Crippen LogP contribution is 2.21. The zero-order valence-corrected chi connectivity index (χ0v) is 14.4. The first-order valence-electron chi connectivity index (χ1n) is 8.34. The average Bonchev–Trinajstić information content (AvgIpc) is 2.69. The molecule has 0 unspecified atom stereocenters. The number of para-hydroxylation sites is 1. The second-order valence-electron chi connectivity index (χ2n) is 5.65. The fourth-order valence-electron chi connectivity index (χ4n) is 2.54. The molecule has 1 N–H and O–H groups in total. The van der Waals surface area contributed by atoms with Crippen LogP contribution in [0.2, 0.25) is 0 Å². The summed E-state index contributed by atoms with van der Waals surface area (Å²) in [5, 5.41) is 2.75. The summed E-state index contributed by atoms with van der Waals surface area (Å²) in [7, 11) is 0. The van der Waals surface area contributed by atoms with Crippen molar-refractivity contribution in [1.29, 1.82) is 0 Å². The van der Waals surface area contributed by atoms with E-state index in [1.165, 1.54) is 18.3 Å². The summed E-state index contributed by atoms with van der Waals surface area (Å²) in [5.74, 6) is 0.0466. The van der Waals surface area contributed by atoms with Crippen LogP contribution in [0.1, 0.15) is 23.0 Å². The Morgan fingerprint density at radius 1 is 1.04 bits per heavy atom. The quantitative estimate of drug-likeness (QED) is 0.736. The lowest BCUT2D eigenvalue weighted by molar-refractivity contribution is 0.0945. The Labute approximate surface area is 151 Å². The van der Waals surface area contributed by atoms with Gasteiger partial charge in [-0.3, -0.25) is 4.79 Å². The molecule has 0 atom stereocenters. The van der Waals surface area contributed by atoms with Crippen molar-refractivity contribution >= 4 is 17.4 Å². The van der Waals surface area contributed by atoms with Crippen LogP contribution in [-0.4, -0.2) is 22.4 Å². The van der Waals surface area contributed by atoms with Crippen LogP contribution in [0, 0.1) is 5.82 Å². The minimum atomic E-state index is -0.323. The molecule has 0 radical (unpaired) electrons. The minimum Gasteiger partial charge on any atom is -0.347 e. The number of amides is 1. The monoisotopic (exact) mass is 350 g/mol. The smallest absolute Gasteiger partial charge is 0.271 e. The average molecular weight is 350 g/mol. The van der Waals surface area contributed by atoms with Crippen molar-refractivity contribution in [3.05, 3.63) is 84.1 Å². The van der Waals surface area contributed by atoms with Crippen molar-refractivity contribution in [3.63, 3.8) is 0 Å². The minimum absolute atomic E-state index is 0.236. The Morgan fingerprint density at radius 3 is 2.38 bits per heavy atom. The van der Waals surface area contributed by atoms with E-state index in [0.717, 1.165) is 17.8 Å². The van der Waals surface area contributed by atoms with Gasteiger partial charge in [0.2, 0.25) is 0 Å². The molecule has 0 saturated carbocycles. The Kier molecular flexibility index (Phi) is 5.53. The fourth-order valence-corrected chi connectivity index (χ4v) is 2.54. The number of halogens is 1. The van der Waals surface area contributed by atoms with Crippen molar-refractivity contribution in [2.75, 3.05) is 11.4 Å². The third-order valence-corrected chi connectivity index (χ3v) is 3.90. The first-order chi connectivity index (χ1) is 12.7. The molecular weight excluding hydrogens is 331 g/mol. The van der Waals surface area contributed by atoms with E-state index >= 15 is 0 Å². The van der Waals surface area contributed by atoms with Gasteiger partial charge in [0.1, 0.15) is 11.5 Å². The number of nitrogens with zero attached hydrogens (tertiary/aromatic N) is 3. The number of nitrogens with one attached hydrogen (secondary N) is 1. The summed E-state index contributed by atoms with van der Waals surface area (Å²) in [5.41, 5.74) is 2.06. The predicted octanol–water partition coefficient (Wildman–Crippen LogP) is 3.70. The van der Waals surface area contributed by atoms with Gasteiger partial charge in [-0.25, -0.2) is 14.4 Å². The van der Waals surface area contributed by atoms with Crippen molar-refractivity contribution in [1.82, 2.24) is 15.3 Å². The summed E-state index contributed by atoms with van der Waals surface area (Å²) in [4.78, 5) is 22.8. The van der Waals surface area contributed by atoms with Gasteiger partial charge in [-0.15, -0.1) is 0 Å². The Balaban J connectivity index is 1.66. The number of anilines is 2. The highest BCUT2D eigenvalue weighted by Gasteiger charge is 2.12. The van der Waals surface area contributed by atoms with Crippen LogP contribution >= 0.6 is 0 Å². The van der Waals surface area contributed by atoms with Crippen LogP contribution in [0.15, 0.2) is 67.0 Å². The highest BCUT2D eigenvalue weighted by atomic mass is 19.1. The molecule has 6 heteroatoms. The molecule has 3 aromatic rings. The lowest BCUT2D eigenvalue weighted by Gasteiger charge is -2.21. The zero-order chi connectivity index (χ0) is 18.4. The van der Waals surface area contributed by atoms with Gasteiger partial charge in [0.25, 0.3) is 5.91 Å². The summed E-state index contributed by atoms with van der Waals surface area (Å²) < 4.78 is 12.9. The molecule has 5 nitrogen and oxygen atoms in total. The van der Waals surface area contributed by atoms with E-state index in [0.29, 0.717) is 12.4 Å². The maximum atomic E-state index is 12.9. The lowest BCUT2D eigenvalue weighted by atomic mass is 10.2. The number of rotatable bonds is 6. The molecule has 1 heterocycles. The molecule has 1 aromatic heterocycles. The molecule has 0 fully saturated rings. The van der Waals surface area contributed by atoms with Gasteiger partial charge in [-0.1, -0.05) is 30.3 Å². The first-order valence-corrected chi connectivity index (χ1v) is 8.34. The molecule has 132 valence electrons. The molecule has 0 aliphatic heterocycles. The Hall–Kier alpha value is -3.28. The maximum Gasteiger partial charge on any atom is 0.271 e. The highest BCUT2D eigenvalue weighted by molar-refractivity contribution is 5.92. The molecule has 0 saturated heterocycles. The Morgan fingerprint density at radius 2 is 1.77 bits per heavy atom. The third kappa shape index (κ3) is 4.22. The van der Waals surface area contributed by atoms with E-state index < -0.39 is 0 Å². The Bertz CT molecular complexity index is 851. The van der Waals surface area contributed by atoms with Crippen molar-refractivity contribution in [3.8, 4) is 0 Å². The second kappa shape index (κ2) is 8.20. The van der Waals surface area contributed by atoms with Gasteiger partial charge in [-0.05, 0) is 36.8 Å². The molecule has 0 bridgehead atoms. The largest absolute Gasteiger partial charge is 0.347 e. The SMILES string of the molecule is CCN(c1ccccc1)c1cnc(C(=O)NCc2ccc(F)cc2)cn1. The van der Waals surface area contributed by atoms with Crippen molar-refractivity contribution < 1.29 is 9.18 Å². The summed E-state index contributed by atoms with van der Waals surface area (Å²) in [6, 6.07) is 15.8. The van der Waals surface area contributed by atoms with Gasteiger partial charge < -0.3 is 10.2 Å². The normalized spacial score (nSPS) is 10.4. The first kappa shape index (κ1) is 17.5. The van der Waals surface area contributed by atoms with Gasteiger partial charge in [0, 0.05) is 18.8 Å². The molecule has 1 amide bonds. The fraction of sp³-hybridized carbons (Fsp3) is 0.150. The molecule has 26 heavy (non-hydrogen) atoms. The molecule has 2 aromatic carbocycles. The summed E-state index contributed by atoms with van der Waals surface area (Å²) in [6.07, 6.45) is 3.05. The standard InChI is InChI=1S/C20H19FN4O/c1-2-25(17-6-4-3-5-7-17)19-14-22-18(13-23-19)20(26)24-12-15-8-10-16(21)11-9-15/h3-11,13-14H,2,12H2,1H3,(H,24,26). The van der Waals surface area contributed by atoms with Crippen molar-refractivity contribution in [2.24, 2.45) is 0 Å². The van der Waals surface area contributed by atoms with E-state index in [-0.39, 0.29) is 17.4 Å². The number of benzene rings is 2. The van der Waals surface area contributed by atoms with Gasteiger partial charge >= 0.3 is 0 Å². The number of aromatic nitrogens is 2. The number of carbonyl (C=O) groups excluding carboxylic acids is 1. The molecule has 0 aliphatic rings. The molecule has 0 spiro atoms. The topological polar surface area (TPSA) is 58.1 Å². The van der Waals surface area contributed by atoms with Crippen LogP contribution in [0.25, 0.3) is 0 Å². The number of hydrogen-bond donors (Lipinski definition) is 1. The molecule has 0 aliphatic carbocycles. The number of carbonyl (C=O) groups is 1. The van der Waals surface area contributed by atoms with Crippen LogP contribution in [-0.2, 0) is 6.54 Å². The van der Waals surface area contributed by atoms with E-state index in [4.69, 9.17) is 0 Å². The third-order valence-electron chi connectivity index (χ3n) is 3.90. The lowest BCUT2D eigenvalue weighted by Crippen LogP contribution is -2.24. The number of hydrogen-bond acceptors (Lipinski definition) is 4. The predicted molar refractivity (Wildman–Crippen MR) is 98.7 cm³/mol.